The van der Waals surface area contributed by atoms with Gasteiger partial charge in [0.15, 0.2) is 0 Å². The van der Waals surface area contributed by atoms with Gasteiger partial charge in [-0.1, -0.05) is 20.8 Å². The maximum atomic E-state index is 13.7. The van der Waals surface area contributed by atoms with Crippen LogP contribution in [0, 0.1) is 17.3 Å². The molecular weight excluding hydrogens is 416 g/mol. The van der Waals surface area contributed by atoms with E-state index in [-0.39, 0.29) is 41.7 Å². The van der Waals surface area contributed by atoms with Crippen molar-refractivity contribution in [3.05, 3.63) is 0 Å². The fraction of sp³-hybridized carbons (Fsp3) is 0.870. The standard InChI is InChI=1S/C23H38N2O5S/c1-8-30-20(29)15-14-9-10-23(31-14)16(15)19(28)25(13(2)11-26)17(23)18(27)24-22(6,7)12-21(3,4)5/h13-17,26H,8-12H2,1-7H3,(H,24,27)/t13-,14+,15-,16+,17?,23?/m1/s1. The molecule has 2 bridgehead atoms. The van der Waals surface area contributed by atoms with E-state index in [2.05, 4.69) is 26.1 Å². The lowest BCUT2D eigenvalue weighted by atomic mass is 9.71. The van der Waals surface area contributed by atoms with E-state index in [9.17, 15) is 19.5 Å². The minimum Gasteiger partial charge on any atom is -0.466 e. The third kappa shape index (κ3) is 4.22. The number of likely N-dealkylation sites (tertiary alicyclic amines) is 1. The van der Waals surface area contributed by atoms with Gasteiger partial charge in [-0.2, -0.15) is 0 Å². The predicted octanol–water partition coefficient (Wildman–Crippen LogP) is 2.35. The molecule has 31 heavy (non-hydrogen) atoms. The zero-order chi connectivity index (χ0) is 23.4. The number of esters is 1. The van der Waals surface area contributed by atoms with Crippen molar-refractivity contribution in [2.45, 2.75) is 95.3 Å². The third-order valence-electron chi connectivity index (χ3n) is 6.72. The van der Waals surface area contributed by atoms with Gasteiger partial charge in [0.25, 0.3) is 0 Å². The van der Waals surface area contributed by atoms with Crippen molar-refractivity contribution in [1.82, 2.24) is 10.2 Å². The summed E-state index contributed by atoms with van der Waals surface area (Å²) in [4.78, 5) is 41.7. The van der Waals surface area contributed by atoms with Gasteiger partial charge in [0.1, 0.15) is 6.04 Å². The summed E-state index contributed by atoms with van der Waals surface area (Å²) < 4.78 is 4.66. The number of thioether (sulfide) groups is 1. The summed E-state index contributed by atoms with van der Waals surface area (Å²) in [7, 11) is 0. The number of ether oxygens (including phenoxy) is 1. The van der Waals surface area contributed by atoms with E-state index in [4.69, 9.17) is 4.74 Å². The van der Waals surface area contributed by atoms with Gasteiger partial charge in [0.05, 0.1) is 35.8 Å². The zero-order valence-electron chi connectivity index (χ0n) is 19.9. The van der Waals surface area contributed by atoms with Crippen molar-refractivity contribution in [3.8, 4) is 0 Å². The summed E-state index contributed by atoms with van der Waals surface area (Å²) in [6.07, 6.45) is 2.27. The Morgan fingerprint density at radius 2 is 1.97 bits per heavy atom. The summed E-state index contributed by atoms with van der Waals surface area (Å²) in [5.74, 6) is -1.84. The number of nitrogens with zero attached hydrogens (tertiary/aromatic N) is 1. The molecule has 0 aromatic rings. The number of fused-ring (bicyclic) bond motifs is 1. The molecule has 7 nitrogen and oxygen atoms in total. The molecule has 0 saturated carbocycles. The predicted molar refractivity (Wildman–Crippen MR) is 120 cm³/mol. The van der Waals surface area contributed by atoms with E-state index in [0.717, 1.165) is 12.8 Å². The minimum atomic E-state index is -0.708. The van der Waals surface area contributed by atoms with Crippen LogP contribution in [0.4, 0.5) is 0 Å². The van der Waals surface area contributed by atoms with Crippen molar-refractivity contribution < 1.29 is 24.2 Å². The first kappa shape index (κ1) is 24.4. The second kappa shape index (κ2) is 8.25. The van der Waals surface area contributed by atoms with E-state index in [1.54, 1.807) is 30.5 Å². The topological polar surface area (TPSA) is 95.9 Å². The van der Waals surface area contributed by atoms with Crippen molar-refractivity contribution in [2.24, 2.45) is 17.3 Å². The first-order valence-corrected chi connectivity index (χ1v) is 12.3. The SMILES string of the molecule is CCOC(=O)[C@@H]1[C@@H]2CCC3(S2)C(C(=O)NC(C)(C)CC(C)(C)C)N([C@H](C)CO)C(=O)[C@H]13. The van der Waals surface area contributed by atoms with Crippen LogP contribution in [0.15, 0.2) is 0 Å². The summed E-state index contributed by atoms with van der Waals surface area (Å²) in [6.45, 7) is 14.0. The molecule has 2 N–H and O–H groups in total. The molecule has 176 valence electrons. The average molecular weight is 455 g/mol. The molecular formula is C23H38N2O5S. The Morgan fingerprint density at radius 3 is 2.52 bits per heavy atom. The number of rotatable bonds is 7. The second-order valence-electron chi connectivity index (χ2n) is 11.2. The molecule has 1 spiro atoms. The fourth-order valence-corrected chi connectivity index (χ4v) is 8.42. The first-order chi connectivity index (χ1) is 14.3. The average Bonchev–Trinajstić information content (AvgIpc) is 3.25. The Balaban J connectivity index is 1.97. The largest absolute Gasteiger partial charge is 0.466 e. The molecule has 3 rings (SSSR count). The number of amides is 2. The Bertz CT molecular complexity index is 749. The van der Waals surface area contributed by atoms with Crippen molar-refractivity contribution in [3.63, 3.8) is 0 Å². The van der Waals surface area contributed by atoms with Crippen LogP contribution in [-0.4, -0.2) is 68.6 Å². The lowest BCUT2D eigenvalue weighted by Crippen LogP contribution is -2.59. The van der Waals surface area contributed by atoms with E-state index in [1.165, 1.54) is 0 Å². The summed E-state index contributed by atoms with van der Waals surface area (Å²) in [6, 6.07) is -1.21. The molecule has 3 fully saturated rings. The number of hydrogen-bond acceptors (Lipinski definition) is 6. The lowest BCUT2D eigenvalue weighted by Gasteiger charge is -2.39. The highest BCUT2D eigenvalue weighted by molar-refractivity contribution is 8.02. The maximum Gasteiger partial charge on any atom is 0.310 e. The van der Waals surface area contributed by atoms with E-state index in [0.29, 0.717) is 6.42 Å². The number of aliphatic hydroxyl groups excluding tert-OH is 1. The molecule has 2 unspecified atom stereocenters. The summed E-state index contributed by atoms with van der Waals surface area (Å²) in [5.41, 5.74) is -0.431. The second-order valence-corrected chi connectivity index (χ2v) is 12.8. The molecule has 0 aliphatic carbocycles. The van der Waals surface area contributed by atoms with Crippen LogP contribution in [0.25, 0.3) is 0 Å². The molecule has 2 amide bonds. The van der Waals surface area contributed by atoms with Crippen molar-refractivity contribution in [2.75, 3.05) is 13.2 Å². The molecule has 8 heteroatoms. The maximum absolute atomic E-state index is 13.7. The Morgan fingerprint density at radius 1 is 1.32 bits per heavy atom. The highest BCUT2D eigenvalue weighted by Gasteiger charge is 2.74. The molecule has 3 aliphatic rings. The van der Waals surface area contributed by atoms with Gasteiger partial charge < -0.3 is 20.1 Å². The van der Waals surface area contributed by atoms with E-state index in [1.807, 2.05) is 13.8 Å². The van der Waals surface area contributed by atoms with Gasteiger partial charge in [-0.25, -0.2) is 0 Å². The summed E-state index contributed by atoms with van der Waals surface area (Å²) >= 11 is 1.62. The Hall–Kier alpha value is -1.28. The molecule has 0 radical (unpaired) electrons. The van der Waals surface area contributed by atoms with Crippen LogP contribution < -0.4 is 5.32 Å². The van der Waals surface area contributed by atoms with Crippen molar-refractivity contribution >= 4 is 29.5 Å². The van der Waals surface area contributed by atoms with Crippen LogP contribution in [0.3, 0.4) is 0 Å². The number of aliphatic hydroxyl groups is 1. The van der Waals surface area contributed by atoms with E-state index >= 15 is 0 Å². The molecule has 3 aliphatic heterocycles. The Labute approximate surface area is 190 Å². The number of hydrogen-bond donors (Lipinski definition) is 2. The van der Waals surface area contributed by atoms with Gasteiger partial charge in [-0.3, -0.25) is 14.4 Å². The van der Waals surface area contributed by atoms with Crippen LogP contribution >= 0.6 is 11.8 Å². The van der Waals surface area contributed by atoms with Gasteiger partial charge in [0.2, 0.25) is 11.8 Å². The molecule has 6 atom stereocenters. The minimum absolute atomic E-state index is 0.00234. The summed E-state index contributed by atoms with van der Waals surface area (Å²) in [5, 5.41) is 13.1. The monoisotopic (exact) mass is 454 g/mol. The lowest BCUT2D eigenvalue weighted by molar-refractivity contribution is -0.154. The number of carbonyl (C=O) groups is 3. The van der Waals surface area contributed by atoms with Crippen LogP contribution in [0.5, 0.6) is 0 Å². The quantitative estimate of drug-likeness (QED) is 0.574. The first-order valence-electron chi connectivity index (χ1n) is 11.4. The van der Waals surface area contributed by atoms with Crippen LogP contribution in [-0.2, 0) is 19.1 Å². The highest BCUT2D eigenvalue weighted by Crippen LogP contribution is 2.66. The molecule has 3 saturated heterocycles. The highest BCUT2D eigenvalue weighted by atomic mass is 32.2. The molecule has 0 aromatic heterocycles. The van der Waals surface area contributed by atoms with Gasteiger partial charge in [0, 0.05) is 10.8 Å². The molecule has 0 aromatic carbocycles. The van der Waals surface area contributed by atoms with Gasteiger partial charge >= 0.3 is 5.97 Å². The van der Waals surface area contributed by atoms with Gasteiger partial charge in [-0.15, -0.1) is 11.8 Å². The van der Waals surface area contributed by atoms with E-state index < -0.39 is 34.2 Å². The smallest absolute Gasteiger partial charge is 0.310 e. The van der Waals surface area contributed by atoms with Gasteiger partial charge in [-0.05, 0) is 52.4 Å². The fourth-order valence-electron chi connectivity index (χ4n) is 6.23. The Kier molecular flexibility index (Phi) is 6.48. The number of carbonyl (C=O) groups excluding carboxylic acids is 3. The normalized spacial score (nSPS) is 33.4. The molecule has 3 heterocycles. The van der Waals surface area contributed by atoms with Crippen molar-refractivity contribution in [1.29, 1.82) is 0 Å². The number of nitrogens with one attached hydrogen (secondary N) is 1. The third-order valence-corrected chi connectivity index (χ3v) is 8.67. The van der Waals surface area contributed by atoms with Crippen LogP contribution in [0.2, 0.25) is 0 Å². The van der Waals surface area contributed by atoms with Crippen LogP contribution in [0.1, 0.15) is 67.7 Å². The zero-order valence-corrected chi connectivity index (χ0v) is 20.7.